The Morgan fingerprint density at radius 3 is 3.14 bits per heavy atom. The number of fused-ring (bicyclic) bond motifs is 1. The monoisotopic (exact) mass is 300 g/mol. The molecule has 0 fully saturated rings. The number of hydrogen-bond donors (Lipinski definition) is 1. The van der Waals surface area contributed by atoms with Gasteiger partial charge in [0.1, 0.15) is 11.8 Å². The minimum absolute atomic E-state index is 0.150. The van der Waals surface area contributed by atoms with Crippen molar-refractivity contribution < 1.29 is 4.79 Å². The number of nitrogens with zero attached hydrogens (tertiary/aromatic N) is 3. The van der Waals surface area contributed by atoms with Crippen molar-refractivity contribution in [2.45, 2.75) is 25.7 Å². The number of rotatable bonds is 4. The summed E-state index contributed by atoms with van der Waals surface area (Å²) < 4.78 is 1.67. The van der Waals surface area contributed by atoms with Crippen LogP contribution in [0, 0.1) is 11.3 Å². The summed E-state index contributed by atoms with van der Waals surface area (Å²) in [4.78, 5) is 18.1. The van der Waals surface area contributed by atoms with E-state index in [2.05, 4.69) is 10.3 Å². The zero-order valence-corrected chi connectivity index (χ0v) is 12.7. The summed E-state index contributed by atoms with van der Waals surface area (Å²) in [5.74, 6) is -0.150. The predicted molar refractivity (Wildman–Crippen MR) is 80.3 cm³/mol. The van der Waals surface area contributed by atoms with E-state index < -0.39 is 0 Å². The van der Waals surface area contributed by atoms with Crippen LogP contribution in [0.5, 0.6) is 0 Å². The third-order valence-electron chi connectivity index (χ3n) is 3.63. The van der Waals surface area contributed by atoms with Crippen LogP contribution in [0.15, 0.2) is 12.3 Å². The van der Waals surface area contributed by atoms with Gasteiger partial charge in [0, 0.05) is 31.1 Å². The van der Waals surface area contributed by atoms with Crippen LogP contribution in [0.25, 0.3) is 0 Å². The molecule has 108 valence electrons. The molecule has 3 rings (SSSR count). The number of hydrogen-bond acceptors (Lipinski definition) is 4. The standard InChI is InChI=1S/C15H16N4OS/c1-19-9-10(8-16)7-12(19)15(20)17-6-5-14-18-11-3-2-4-13(11)21-14/h7,9H,2-6H2,1H3,(H,17,20). The topological polar surface area (TPSA) is 70.7 Å². The number of amides is 1. The van der Waals surface area contributed by atoms with Gasteiger partial charge < -0.3 is 9.88 Å². The van der Waals surface area contributed by atoms with Crippen molar-refractivity contribution in [3.05, 3.63) is 39.1 Å². The average molecular weight is 300 g/mol. The van der Waals surface area contributed by atoms with Crippen LogP contribution in [-0.2, 0) is 26.3 Å². The summed E-state index contributed by atoms with van der Waals surface area (Å²) in [5, 5.41) is 12.8. The van der Waals surface area contributed by atoms with Crippen LogP contribution in [0.4, 0.5) is 0 Å². The SMILES string of the molecule is Cn1cc(C#N)cc1C(=O)NCCc1nc2c(s1)CCC2. The lowest BCUT2D eigenvalue weighted by Crippen LogP contribution is -2.27. The molecule has 0 radical (unpaired) electrons. The molecular formula is C15H16N4OS. The number of nitriles is 1. The number of aryl methyl sites for hydroxylation is 3. The molecule has 1 aliphatic carbocycles. The minimum atomic E-state index is -0.150. The van der Waals surface area contributed by atoms with Crippen molar-refractivity contribution in [3.63, 3.8) is 0 Å². The predicted octanol–water partition coefficient (Wildman–Crippen LogP) is 1.81. The van der Waals surface area contributed by atoms with Gasteiger partial charge in [-0.3, -0.25) is 4.79 Å². The third kappa shape index (κ3) is 2.83. The fraction of sp³-hybridized carbons (Fsp3) is 0.400. The van der Waals surface area contributed by atoms with Crippen molar-refractivity contribution in [2.75, 3.05) is 6.54 Å². The highest BCUT2D eigenvalue weighted by Gasteiger charge is 2.17. The molecule has 0 atom stereocenters. The normalized spacial score (nSPS) is 13.0. The summed E-state index contributed by atoms with van der Waals surface area (Å²) >= 11 is 1.77. The zero-order valence-electron chi connectivity index (χ0n) is 11.8. The van der Waals surface area contributed by atoms with Gasteiger partial charge in [0.2, 0.25) is 0 Å². The maximum atomic E-state index is 12.1. The summed E-state index contributed by atoms with van der Waals surface area (Å²) in [6.45, 7) is 0.568. The average Bonchev–Trinajstić information content (AvgIpc) is 3.12. The molecule has 0 unspecified atom stereocenters. The second-order valence-electron chi connectivity index (χ2n) is 5.17. The van der Waals surface area contributed by atoms with E-state index in [-0.39, 0.29) is 5.91 Å². The van der Waals surface area contributed by atoms with Crippen molar-refractivity contribution >= 4 is 17.2 Å². The van der Waals surface area contributed by atoms with E-state index in [1.807, 2.05) is 6.07 Å². The largest absolute Gasteiger partial charge is 0.350 e. The Hall–Kier alpha value is -2.13. The minimum Gasteiger partial charge on any atom is -0.350 e. The van der Waals surface area contributed by atoms with Gasteiger partial charge in [-0.15, -0.1) is 11.3 Å². The van der Waals surface area contributed by atoms with Crippen LogP contribution in [0.2, 0.25) is 0 Å². The second kappa shape index (κ2) is 5.70. The van der Waals surface area contributed by atoms with Gasteiger partial charge >= 0.3 is 0 Å². The Labute approximate surface area is 127 Å². The molecule has 2 aromatic rings. The summed E-state index contributed by atoms with van der Waals surface area (Å²) in [6, 6.07) is 3.64. The lowest BCUT2D eigenvalue weighted by Gasteiger charge is -2.04. The van der Waals surface area contributed by atoms with Gasteiger partial charge in [0.15, 0.2) is 0 Å². The van der Waals surface area contributed by atoms with Crippen molar-refractivity contribution in [1.82, 2.24) is 14.9 Å². The summed E-state index contributed by atoms with van der Waals surface area (Å²) in [6.07, 6.45) is 5.89. The van der Waals surface area contributed by atoms with Gasteiger partial charge in [-0.2, -0.15) is 5.26 Å². The third-order valence-corrected chi connectivity index (χ3v) is 4.85. The number of carbonyl (C=O) groups excluding carboxylic acids is 1. The molecule has 2 heterocycles. The maximum Gasteiger partial charge on any atom is 0.267 e. The van der Waals surface area contributed by atoms with Crippen molar-refractivity contribution in [1.29, 1.82) is 5.26 Å². The zero-order chi connectivity index (χ0) is 14.8. The van der Waals surface area contributed by atoms with Gasteiger partial charge in [-0.25, -0.2) is 4.98 Å². The molecule has 2 aromatic heterocycles. The lowest BCUT2D eigenvalue weighted by molar-refractivity contribution is 0.0946. The highest BCUT2D eigenvalue weighted by atomic mass is 32.1. The van der Waals surface area contributed by atoms with Crippen LogP contribution < -0.4 is 5.32 Å². The first-order valence-electron chi connectivity index (χ1n) is 6.99. The Balaban J connectivity index is 1.56. The number of thiazole rings is 1. The van der Waals surface area contributed by atoms with Crippen molar-refractivity contribution in [2.24, 2.45) is 7.05 Å². The molecule has 6 heteroatoms. The molecule has 5 nitrogen and oxygen atoms in total. The van der Waals surface area contributed by atoms with E-state index in [1.165, 1.54) is 17.0 Å². The molecule has 1 aliphatic rings. The highest BCUT2D eigenvalue weighted by molar-refractivity contribution is 7.11. The van der Waals surface area contributed by atoms with E-state index in [0.29, 0.717) is 17.8 Å². The lowest BCUT2D eigenvalue weighted by atomic mass is 10.3. The van der Waals surface area contributed by atoms with Crippen LogP contribution in [0.1, 0.15) is 38.1 Å². The Morgan fingerprint density at radius 1 is 1.57 bits per heavy atom. The smallest absolute Gasteiger partial charge is 0.267 e. The number of carbonyl (C=O) groups is 1. The Bertz CT molecular complexity index is 701. The molecule has 21 heavy (non-hydrogen) atoms. The van der Waals surface area contributed by atoms with Gasteiger partial charge in [0.25, 0.3) is 5.91 Å². The first-order chi connectivity index (χ1) is 10.2. The van der Waals surface area contributed by atoms with E-state index in [1.54, 1.807) is 35.2 Å². The molecular weight excluding hydrogens is 284 g/mol. The van der Waals surface area contributed by atoms with Crippen molar-refractivity contribution in [3.8, 4) is 6.07 Å². The number of aromatic nitrogens is 2. The van der Waals surface area contributed by atoms with E-state index in [4.69, 9.17) is 5.26 Å². The molecule has 0 aromatic carbocycles. The molecule has 0 bridgehead atoms. The molecule has 0 spiro atoms. The van der Waals surface area contributed by atoms with Gasteiger partial charge in [-0.1, -0.05) is 0 Å². The Morgan fingerprint density at radius 2 is 2.43 bits per heavy atom. The van der Waals surface area contributed by atoms with E-state index in [0.717, 1.165) is 24.3 Å². The fourth-order valence-electron chi connectivity index (χ4n) is 2.58. The van der Waals surface area contributed by atoms with Gasteiger partial charge in [0.05, 0.1) is 16.3 Å². The molecule has 0 saturated carbocycles. The van der Waals surface area contributed by atoms with Crippen LogP contribution >= 0.6 is 11.3 Å². The molecule has 1 amide bonds. The van der Waals surface area contributed by atoms with E-state index >= 15 is 0 Å². The first kappa shape index (κ1) is 13.8. The second-order valence-corrected chi connectivity index (χ2v) is 6.34. The Kier molecular flexibility index (Phi) is 3.76. The number of nitrogens with one attached hydrogen (secondary N) is 1. The molecule has 1 N–H and O–H groups in total. The van der Waals surface area contributed by atoms with Gasteiger partial charge in [-0.05, 0) is 25.3 Å². The summed E-state index contributed by atoms with van der Waals surface area (Å²) in [5.41, 5.74) is 2.26. The van der Waals surface area contributed by atoms with E-state index in [9.17, 15) is 4.79 Å². The summed E-state index contributed by atoms with van der Waals surface area (Å²) in [7, 11) is 1.77. The fourth-order valence-corrected chi connectivity index (χ4v) is 3.73. The molecule has 0 aliphatic heterocycles. The van der Waals surface area contributed by atoms with Crippen LogP contribution in [0.3, 0.4) is 0 Å². The first-order valence-corrected chi connectivity index (χ1v) is 7.81. The quantitative estimate of drug-likeness (QED) is 0.936. The van der Waals surface area contributed by atoms with Crippen LogP contribution in [-0.4, -0.2) is 22.0 Å². The molecule has 0 saturated heterocycles. The highest BCUT2D eigenvalue weighted by Crippen LogP contribution is 2.27. The maximum absolute atomic E-state index is 12.1.